The van der Waals surface area contributed by atoms with Crippen LogP contribution in [0.4, 0.5) is 0 Å². The molecule has 150 valence electrons. The van der Waals surface area contributed by atoms with Crippen molar-refractivity contribution >= 4 is 16.9 Å². The van der Waals surface area contributed by atoms with Gasteiger partial charge in [-0.25, -0.2) is 4.79 Å². The minimum Gasteiger partial charge on any atom is -0.466 e. The van der Waals surface area contributed by atoms with E-state index in [0.29, 0.717) is 12.0 Å². The average molecular weight is 382 g/mol. The van der Waals surface area contributed by atoms with E-state index in [1.807, 2.05) is 14.1 Å². The average Bonchev–Trinajstić information content (AvgIpc) is 3.06. The van der Waals surface area contributed by atoms with Crippen LogP contribution in [0.5, 0.6) is 0 Å². The maximum Gasteiger partial charge on any atom is 0.347 e. The first-order valence-corrected chi connectivity index (χ1v) is 10.7. The summed E-state index contributed by atoms with van der Waals surface area (Å²) in [5.41, 5.74) is 3.22. The zero-order chi connectivity index (χ0) is 19.6. The number of ether oxygens (including phenoxy) is 1. The SMILES string of the molecule is CC[C@@H]1C[C@@H]2C[C@](C(=O)OC)(N(C)C)n3c4c(c5ccccc53)CCN(C1)[C@@H]42. The van der Waals surface area contributed by atoms with E-state index in [1.54, 1.807) is 0 Å². The van der Waals surface area contributed by atoms with Crippen molar-refractivity contribution in [3.05, 3.63) is 35.5 Å². The minimum absolute atomic E-state index is 0.143. The lowest BCUT2D eigenvalue weighted by molar-refractivity contribution is -0.168. The van der Waals surface area contributed by atoms with Crippen molar-refractivity contribution in [3.63, 3.8) is 0 Å². The molecule has 1 aromatic heterocycles. The van der Waals surface area contributed by atoms with E-state index in [2.05, 4.69) is 45.6 Å². The Hall–Kier alpha value is -1.85. The zero-order valence-electron chi connectivity index (χ0n) is 17.4. The Kier molecular flexibility index (Phi) is 4.11. The van der Waals surface area contributed by atoms with Crippen molar-refractivity contribution in [1.29, 1.82) is 0 Å². The molecule has 0 N–H and O–H groups in total. The third-order valence-electron chi connectivity index (χ3n) is 7.66. The first kappa shape index (κ1) is 18.2. The normalized spacial score (nSPS) is 31.8. The van der Waals surface area contributed by atoms with E-state index in [-0.39, 0.29) is 5.97 Å². The van der Waals surface area contributed by atoms with Crippen LogP contribution < -0.4 is 0 Å². The Labute approximate surface area is 167 Å². The van der Waals surface area contributed by atoms with Crippen LogP contribution in [0, 0.1) is 11.8 Å². The summed E-state index contributed by atoms with van der Waals surface area (Å²) in [6, 6.07) is 9.05. The van der Waals surface area contributed by atoms with Crippen molar-refractivity contribution in [1.82, 2.24) is 14.4 Å². The molecule has 4 atom stereocenters. The topological polar surface area (TPSA) is 37.7 Å². The van der Waals surface area contributed by atoms with Crippen LogP contribution in [0.15, 0.2) is 24.3 Å². The molecule has 4 heterocycles. The molecule has 5 rings (SSSR count). The van der Waals surface area contributed by atoms with Gasteiger partial charge in [0.25, 0.3) is 0 Å². The minimum atomic E-state index is -0.776. The molecule has 0 unspecified atom stereocenters. The highest BCUT2D eigenvalue weighted by Gasteiger charge is 2.57. The van der Waals surface area contributed by atoms with Crippen molar-refractivity contribution in [2.45, 2.75) is 44.3 Å². The summed E-state index contributed by atoms with van der Waals surface area (Å²) in [5.74, 6) is 1.06. The molecular formula is C23H31N3O2. The smallest absolute Gasteiger partial charge is 0.347 e. The summed E-state index contributed by atoms with van der Waals surface area (Å²) in [6.45, 7) is 4.62. The van der Waals surface area contributed by atoms with E-state index in [0.717, 1.165) is 25.3 Å². The fourth-order valence-corrected chi connectivity index (χ4v) is 6.41. The predicted molar refractivity (Wildman–Crippen MR) is 110 cm³/mol. The van der Waals surface area contributed by atoms with Gasteiger partial charge < -0.3 is 9.30 Å². The van der Waals surface area contributed by atoms with E-state index in [1.165, 1.54) is 48.7 Å². The number of likely N-dealkylation sites (N-methyl/N-ethyl adjacent to an activating group) is 1. The van der Waals surface area contributed by atoms with Crippen LogP contribution in [0.3, 0.4) is 0 Å². The summed E-state index contributed by atoms with van der Waals surface area (Å²) in [5, 5.41) is 1.31. The van der Waals surface area contributed by atoms with Gasteiger partial charge in [0.05, 0.1) is 18.7 Å². The molecular weight excluding hydrogens is 350 g/mol. The molecule has 1 aromatic carbocycles. The lowest BCUT2D eigenvalue weighted by Gasteiger charge is -2.55. The number of methoxy groups -OCH3 is 1. The second-order valence-corrected chi connectivity index (χ2v) is 9.08. The molecule has 3 aliphatic rings. The highest BCUT2D eigenvalue weighted by Crippen LogP contribution is 2.55. The van der Waals surface area contributed by atoms with Gasteiger partial charge in [0, 0.05) is 30.6 Å². The molecule has 0 radical (unpaired) electrons. The van der Waals surface area contributed by atoms with Crippen molar-refractivity contribution in [3.8, 4) is 0 Å². The third kappa shape index (κ3) is 2.17. The molecule has 28 heavy (non-hydrogen) atoms. The first-order valence-electron chi connectivity index (χ1n) is 10.7. The zero-order valence-corrected chi connectivity index (χ0v) is 17.4. The van der Waals surface area contributed by atoms with Crippen molar-refractivity contribution < 1.29 is 9.53 Å². The van der Waals surface area contributed by atoms with Crippen LogP contribution >= 0.6 is 0 Å². The van der Waals surface area contributed by atoms with Gasteiger partial charge in [0.2, 0.25) is 0 Å². The van der Waals surface area contributed by atoms with Gasteiger partial charge >= 0.3 is 5.97 Å². The molecule has 3 aliphatic heterocycles. The molecule has 5 nitrogen and oxygen atoms in total. The van der Waals surface area contributed by atoms with Gasteiger partial charge in [-0.2, -0.15) is 0 Å². The monoisotopic (exact) mass is 381 g/mol. The standard InChI is InChI=1S/C23H31N3O2/c1-5-15-12-16-13-23(24(2)3,22(27)28-4)26-19-9-7-6-8-17(19)18-10-11-25(14-15)20(16)21(18)26/h6-9,15-16,20H,5,10-14H2,1-4H3/t15-,16-,20-,23+/m1/s1. The lowest BCUT2D eigenvalue weighted by atomic mass is 9.71. The molecule has 0 bridgehead atoms. The van der Waals surface area contributed by atoms with Gasteiger partial charge in [-0.3, -0.25) is 9.80 Å². The van der Waals surface area contributed by atoms with Gasteiger partial charge in [-0.05, 0) is 50.4 Å². The Bertz CT molecular complexity index is 933. The second-order valence-electron chi connectivity index (χ2n) is 9.08. The molecule has 0 amide bonds. The highest BCUT2D eigenvalue weighted by molar-refractivity contribution is 5.90. The Morgan fingerprint density at radius 2 is 2.11 bits per heavy atom. The molecule has 0 spiro atoms. The third-order valence-corrected chi connectivity index (χ3v) is 7.66. The van der Waals surface area contributed by atoms with Gasteiger partial charge in [-0.15, -0.1) is 0 Å². The summed E-state index contributed by atoms with van der Waals surface area (Å²) in [4.78, 5) is 18.2. The molecule has 0 saturated carbocycles. The molecule has 5 heteroatoms. The van der Waals surface area contributed by atoms with Gasteiger partial charge in [0.15, 0.2) is 5.66 Å². The maximum absolute atomic E-state index is 13.4. The largest absolute Gasteiger partial charge is 0.466 e. The van der Waals surface area contributed by atoms with Crippen LogP contribution in [-0.2, 0) is 21.6 Å². The number of nitrogens with zero attached hydrogens (tertiary/aromatic N) is 3. The first-order chi connectivity index (χ1) is 13.5. The highest BCUT2D eigenvalue weighted by atomic mass is 16.5. The van der Waals surface area contributed by atoms with Gasteiger partial charge in [-0.1, -0.05) is 31.5 Å². The number of carbonyl (C=O) groups excluding carboxylic acids is 1. The quantitative estimate of drug-likeness (QED) is 0.764. The summed E-state index contributed by atoms with van der Waals surface area (Å²) >= 11 is 0. The number of para-hydroxylation sites is 1. The number of hydrogen-bond donors (Lipinski definition) is 0. The number of rotatable bonds is 3. The number of carbonyl (C=O) groups is 1. The maximum atomic E-state index is 13.4. The van der Waals surface area contributed by atoms with Crippen LogP contribution in [0.25, 0.3) is 10.9 Å². The van der Waals surface area contributed by atoms with E-state index >= 15 is 0 Å². The molecule has 1 saturated heterocycles. The number of aromatic nitrogens is 1. The Morgan fingerprint density at radius 1 is 1.32 bits per heavy atom. The van der Waals surface area contributed by atoms with E-state index in [9.17, 15) is 4.79 Å². The number of piperidine rings is 1. The predicted octanol–water partition coefficient (Wildman–Crippen LogP) is 3.38. The molecule has 2 aromatic rings. The molecule has 1 fully saturated rings. The summed E-state index contributed by atoms with van der Waals surface area (Å²) in [6.07, 6.45) is 4.29. The number of fused-ring (bicyclic) bond motifs is 3. The summed E-state index contributed by atoms with van der Waals surface area (Å²) in [7, 11) is 5.58. The van der Waals surface area contributed by atoms with Crippen LogP contribution in [-0.4, -0.2) is 54.6 Å². The Balaban J connectivity index is 1.84. The fourth-order valence-electron chi connectivity index (χ4n) is 6.41. The molecule has 0 aliphatic carbocycles. The van der Waals surface area contributed by atoms with Crippen molar-refractivity contribution in [2.24, 2.45) is 11.8 Å². The number of esters is 1. The lowest BCUT2D eigenvalue weighted by Crippen LogP contribution is -2.61. The number of benzene rings is 1. The van der Waals surface area contributed by atoms with Crippen LogP contribution in [0.2, 0.25) is 0 Å². The van der Waals surface area contributed by atoms with Crippen molar-refractivity contribution in [2.75, 3.05) is 34.3 Å². The van der Waals surface area contributed by atoms with Gasteiger partial charge in [0.1, 0.15) is 0 Å². The fraction of sp³-hybridized carbons (Fsp3) is 0.609. The Morgan fingerprint density at radius 3 is 2.82 bits per heavy atom. The van der Waals surface area contributed by atoms with E-state index in [4.69, 9.17) is 4.74 Å². The van der Waals surface area contributed by atoms with E-state index < -0.39 is 5.66 Å². The number of hydrogen-bond acceptors (Lipinski definition) is 4. The van der Waals surface area contributed by atoms with Crippen LogP contribution in [0.1, 0.15) is 43.5 Å². The summed E-state index contributed by atoms with van der Waals surface area (Å²) < 4.78 is 7.78. The second kappa shape index (κ2) is 6.33.